The predicted molar refractivity (Wildman–Crippen MR) is 88.6 cm³/mol. The molecule has 1 heterocycles. The summed E-state index contributed by atoms with van der Waals surface area (Å²) in [6.07, 6.45) is 5.44. The van der Waals surface area contributed by atoms with Crippen molar-refractivity contribution in [1.29, 1.82) is 0 Å². The molecule has 1 aromatic heterocycles. The zero-order valence-electron chi connectivity index (χ0n) is 13.6. The Balaban J connectivity index is 2.06. The molecule has 0 aromatic carbocycles. The smallest absolute Gasteiger partial charge is 0.185 e. The Hall–Kier alpha value is -0.610. The minimum atomic E-state index is 0.524. The summed E-state index contributed by atoms with van der Waals surface area (Å²) in [4.78, 5) is 8.61. The lowest BCUT2D eigenvalue weighted by Crippen LogP contribution is -2.38. The molecule has 2 rings (SSSR count). The molecule has 4 heteroatoms. The van der Waals surface area contributed by atoms with Crippen LogP contribution in [0.15, 0.2) is 0 Å². The van der Waals surface area contributed by atoms with Gasteiger partial charge < -0.3 is 10.2 Å². The first-order valence-electron chi connectivity index (χ1n) is 7.91. The van der Waals surface area contributed by atoms with E-state index in [9.17, 15) is 0 Å². The van der Waals surface area contributed by atoms with Crippen molar-refractivity contribution in [2.75, 3.05) is 11.9 Å². The monoisotopic (exact) mass is 295 g/mol. The molecule has 1 N–H and O–H groups in total. The summed E-state index contributed by atoms with van der Waals surface area (Å²) >= 11 is 1.86. The third-order valence-electron chi connectivity index (χ3n) is 4.42. The molecule has 0 bridgehead atoms. The van der Waals surface area contributed by atoms with Crippen LogP contribution < -0.4 is 10.2 Å². The van der Waals surface area contributed by atoms with Crippen molar-refractivity contribution in [3.05, 3.63) is 10.6 Å². The van der Waals surface area contributed by atoms with Crippen LogP contribution in [0, 0.1) is 12.8 Å². The summed E-state index contributed by atoms with van der Waals surface area (Å²) < 4.78 is 0. The number of hydrogen-bond donors (Lipinski definition) is 1. The van der Waals surface area contributed by atoms with E-state index in [4.69, 9.17) is 4.98 Å². The third kappa shape index (κ3) is 3.73. The van der Waals surface area contributed by atoms with E-state index < -0.39 is 0 Å². The van der Waals surface area contributed by atoms with E-state index >= 15 is 0 Å². The van der Waals surface area contributed by atoms with Crippen LogP contribution in [0.2, 0.25) is 0 Å². The Morgan fingerprint density at radius 2 is 2.05 bits per heavy atom. The summed E-state index contributed by atoms with van der Waals surface area (Å²) in [5.41, 5.74) is 1.19. The Kier molecular flexibility index (Phi) is 5.44. The van der Waals surface area contributed by atoms with Gasteiger partial charge in [0.05, 0.1) is 5.69 Å². The SMILES string of the molecule is Cc1nc(N(C)C2CCCCC2C)sc1CNC(C)C. The van der Waals surface area contributed by atoms with Gasteiger partial charge in [0.25, 0.3) is 0 Å². The molecule has 2 atom stereocenters. The largest absolute Gasteiger partial charge is 0.348 e. The van der Waals surface area contributed by atoms with Gasteiger partial charge in [-0.2, -0.15) is 0 Å². The second kappa shape index (κ2) is 6.90. The van der Waals surface area contributed by atoms with E-state index in [1.54, 1.807) is 0 Å². The summed E-state index contributed by atoms with van der Waals surface area (Å²) in [5.74, 6) is 0.787. The minimum absolute atomic E-state index is 0.524. The van der Waals surface area contributed by atoms with Crippen molar-refractivity contribution in [2.45, 2.75) is 72.0 Å². The van der Waals surface area contributed by atoms with Crippen LogP contribution in [0.25, 0.3) is 0 Å². The van der Waals surface area contributed by atoms with Gasteiger partial charge in [-0.05, 0) is 25.7 Å². The second-order valence-electron chi connectivity index (χ2n) is 6.48. The topological polar surface area (TPSA) is 28.2 Å². The zero-order valence-corrected chi connectivity index (χ0v) is 14.4. The summed E-state index contributed by atoms with van der Waals surface area (Å²) in [5, 5.41) is 4.69. The van der Waals surface area contributed by atoms with Gasteiger partial charge in [-0.1, -0.05) is 33.6 Å². The number of nitrogens with zero attached hydrogens (tertiary/aromatic N) is 2. The highest BCUT2D eigenvalue weighted by Crippen LogP contribution is 2.33. The first kappa shape index (κ1) is 15.8. The van der Waals surface area contributed by atoms with Crippen LogP contribution in [-0.4, -0.2) is 24.1 Å². The fourth-order valence-corrected chi connectivity index (χ4v) is 4.07. The lowest BCUT2D eigenvalue weighted by atomic mass is 9.85. The van der Waals surface area contributed by atoms with Gasteiger partial charge in [0.1, 0.15) is 0 Å². The van der Waals surface area contributed by atoms with Gasteiger partial charge in [-0.15, -0.1) is 11.3 Å². The summed E-state index contributed by atoms with van der Waals surface area (Å²) in [6, 6.07) is 1.19. The van der Waals surface area contributed by atoms with Crippen molar-refractivity contribution in [2.24, 2.45) is 5.92 Å². The van der Waals surface area contributed by atoms with Gasteiger partial charge >= 0.3 is 0 Å². The van der Waals surface area contributed by atoms with Crippen LogP contribution >= 0.6 is 11.3 Å². The maximum Gasteiger partial charge on any atom is 0.185 e. The van der Waals surface area contributed by atoms with E-state index in [0.29, 0.717) is 12.1 Å². The fourth-order valence-electron chi connectivity index (χ4n) is 3.04. The molecule has 1 aliphatic carbocycles. The van der Waals surface area contributed by atoms with Crippen LogP contribution in [0.4, 0.5) is 5.13 Å². The Morgan fingerprint density at radius 3 is 2.70 bits per heavy atom. The van der Waals surface area contributed by atoms with Crippen molar-refractivity contribution >= 4 is 16.5 Å². The van der Waals surface area contributed by atoms with Crippen molar-refractivity contribution in [3.63, 3.8) is 0 Å². The Morgan fingerprint density at radius 1 is 1.35 bits per heavy atom. The highest BCUT2D eigenvalue weighted by Gasteiger charge is 2.27. The number of hydrogen-bond acceptors (Lipinski definition) is 4. The van der Waals surface area contributed by atoms with Gasteiger partial charge in [0.2, 0.25) is 0 Å². The fraction of sp³-hybridized carbons (Fsp3) is 0.812. The molecule has 0 amide bonds. The van der Waals surface area contributed by atoms with E-state index in [2.05, 4.69) is 45.0 Å². The average Bonchev–Trinajstić information content (AvgIpc) is 2.77. The van der Waals surface area contributed by atoms with Gasteiger partial charge in [0, 0.05) is 30.6 Å². The molecule has 0 saturated heterocycles. The van der Waals surface area contributed by atoms with Crippen LogP contribution in [-0.2, 0) is 6.54 Å². The van der Waals surface area contributed by atoms with Crippen LogP contribution in [0.1, 0.15) is 57.0 Å². The van der Waals surface area contributed by atoms with Crippen LogP contribution in [0.3, 0.4) is 0 Å². The third-order valence-corrected chi connectivity index (χ3v) is 5.67. The van der Waals surface area contributed by atoms with Crippen LogP contribution in [0.5, 0.6) is 0 Å². The number of thiazole rings is 1. The van der Waals surface area contributed by atoms with E-state index in [1.165, 1.54) is 41.4 Å². The minimum Gasteiger partial charge on any atom is -0.348 e. The van der Waals surface area contributed by atoms with E-state index in [-0.39, 0.29) is 0 Å². The first-order valence-corrected chi connectivity index (χ1v) is 8.73. The number of rotatable bonds is 5. The molecule has 114 valence electrons. The van der Waals surface area contributed by atoms with Crippen molar-refractivity contribution < 1.29 is 0 Å². The summed E-state index contributed by atoms with van der Waals surface area (Å²) in [6.45, 7) is 9.84. The quantitative estimate of drug-likeness (QED) is 0.891. The number of nitrogens with one attached hydrogen (secondary N) is 1. The van der Waals surface area contributed by atoms with Gasteiger partial charge in [-0.25, -0.2) is 4.98 Å². The molecule has 2 unspecified atom stereocenters. The van der Waals surface area contributed by atoms with E-state index in [1.807, 2.05) is 11.3 Å². The maximum absolute atomic E-state index is 4.80. The number of aryl methyl sites for hydroxylation is 1. The van der Waals surface area contributed by atoms with Gasteiger partial charge in [0.15, 0.2) is 5.13 Å². The van der Waals surface area contributed by atoms with E-state index in [0.717, 1.165) is 12.5 Å². The lowest BCUT2D eigenvalue weighted by molar-refractivity contribution is 0.321. The molecule has 1 saturated carbocycles. The number of anilines is 1. The number of aromatic nitrogens is 1. The average molecular weight is 295 g/mol. The molecule has 0 spiro atoms. The highest BCUT2D eigenvalue weighted by atomic mass is 32.1. The highest BCUT2D eigenvalue weighted by molar-refractivity contribution is 7.15. The Labute approximate surface area is 127 Å². The Bertz CT molecular complexity index is 427. The zero-order chi connectivity index (χ0) is 14.7. The standard InChI is InChI=1S/C16H29N3S/c1-11(2)17-10-15-13(4)18-16(20-15)19(5)14-9-7-6-8-12(14)3/h11-12,14,17H,6-10H2,1-5H3. The second-order valence-corrected chi connectivity index (χ2v) is 7.54. The molecular weight excluding hydrogens is 266 g/mol. The summed E-state index contributed by atoms with van der Waals surface area (Å²) in [7, 11) is 2.23. The molecule has 3 nitrogen and oxygen atoms in total. The predicted octanol–water partition coefficient (Wildman–Crippen LogP) is 3.96. The molecule has 20 heavy (non-hydrogen) atoms. The molecule has 0 aliphatic heterocycles. The molecule has 1 fully saturated rings. The van der Waals surface area contributed by atoms with Gasteiger partial charge in [-0.3, -0.25) is 0 Å². The van der Waals surface area contributed by atoms with Crippen molar-refractivity contribution in [3.8, 4) is 0 Å². The molecule has 1 aromatic rings. The maximum atomic E-state index is 4.80. The molecule has 0 radical (unpaired) electrons. The first-order chi connectivity index (χ1) is 9.49. The molecule has 1 aliphatic rings. The molecular formula is C16H29N3S. The lowest BCUT2D eigenvalue weighted by Gasteiger charge is -2.36. The normalized spacial score (nSPS) is 23.3. The van der Waals surface area contributed by atoms with Crippen molar-refractivity contribution in [1.82, 2.24) is 10.3 Å².